The normalized spacial score (nSPS) is 14.9. The molecule has 9 aromatic carbocycles. The number of benzene rings is 9. The fourth-order valence-electron chi connectivity index (χ4n) is 11.5. The zero-order valence-corrected chi connectivity index (χ0v) is 36.9. The van der Waals surface area contributed by atoms with Crippen molar-refractivity contribution in [3.8, 4) is 0 Å². The van der Waals surface area contributed by atoms with Crippen molar-refractivity contribution in [1.82, 2.24) is 0 Å². The third-order valence-corrected chi connectivity index (χ3v) is 18.6. The second kappa shape index (κ2) is 13.4. The van der Waals surface area contributed by atoms with Crippen LogP contribution in [0.25, 0.3) is 0 Å². The number of rotatable bonds is 2. The highest BCUT2D eigenvalue weighted by Crippen LogP contribution is 2.50. The average molecular weight is 869 g/mol. The minimum Gasteiger partial charge on any atom is -0.311 e. The SMILES string of the molecule is c1ccc(N2c3cccc4c3B(c3c2cc2c5c3Sc3ccccc3B5c3ccccc3S2)c2c(cc3c5c2Sc2ccccc2B5c2ccccc2S3)N4c2ccccc2)cc1. The van der Waals surface area contributed by atoms with Gasteiger partial charge < -0.3 is 9.80 Å². The third kappa shape index (κ3) is 4.86. The van der Waals surface area contributed by atoms with Gasteiger partial charge in [0.2, 0.25) is 13.4 Å². The summed E-state index contributed by atoms with van der Waals surface area (Å²) in [5, 5.41) is 0. The zero-order chi connectivity index (χ0) is 40.9. The van der Waals surface area contributed by atoms with E-state index < -0.39 is 0 Å². The number of fused-ring (bicyclic) bond motifs is 14. The van der Waals surface area contributed by atoms with E-state index in [9.17, 15) is 0 Å². The van der Waals surface area contributed by atoms with Gasteiger partial charge >= 0.3 is 0 Å². The molecule has 6 heterocycles. The Bertz CT molecular complexity index is 3230. The minimum absolute atomic E-state index is 0.0251. The number of para-hydroxylation sites is 2. The molecule has 0 saturated heterocycles. The second-order valence-electron chi connectivity index (χ2n) is 17.0. The molecule has 63 heavy (non-hydrogen) atoms. The van der Waals surface area contributed by atoms with Crippen LogP contribution in [0.5, 0.6) is 0 Å². The van der Waals surface area contributed by atoms with Crippen molar-refractivity contribution in [1.29, 1.82) is 0 Å². The Balaban J connectivity index is 1.11. The van der Waals surface area contributed by atoms with Crippen LogP contribution in [0, 0.1) is 0 Å². The topological polar surface area (TPSA) is 6.48 Å². The first-order valence-electron chi connectivity index (χ1n) is 21.6. The summed E-state index contributed by atoms with van der Waals surface area (Å²) in [6, 6.07) is 71.1. The summed E-state index contributed by atoms with van der Waals surface area (Å²) in [7, 11) is 0. The fraction of sp³-hybridized carbons (Fsp3) is 0. The highest BCUT2D eigenvalue weighted by molar-refractivity contribution is 8.02. The van der Waals surface area contributed by atoms with Gasteiger partial charge in [0, 0.05) is 73.3 Å². The lowest BCUT2D eigenvalue weighted by Gasteiger charge is -2.47. The average Bonchev–Trinajstić information content (AvgIpc) is 3.34. The van der Waals surface area contributed by atoms with E-state index in [2.05, 4.69) is 198 Å². The van der Waals surface area contributed by atoms with Crippen molar-refractivity contribution in [3.05, 3.63) is 188 Å². The minimum atomic E-state index is -0.0251. The van der Waals surface area contributed by atoms with Crippen molar-refractivity contribution in [2.24, 2.45) is 0 Å². The molecule has 290 valence electrons. The summed E-state index contributed by atoms with van der Waals surface area (Å²) in [4.78, 5) is 16.1. The van der Waals surface area contributed by atoms with Gasteiger partial charge in [0.1, 0.15) is 0 Å². The predicted octanol–water partition coefficient (Wildman–Crippen LogP) is 8.66. The molecule has 0 saturated carbocycles. The van der Waals surface area contributed by atoms with E-state index in [0.29, 0.717) is 0 Å². The largest absolute Gasteiger partial charge is 0.311 e. The highest BCUT2D eigenvalue weighted by atomic mass is 32.2. The third-order valence-electron chi connectivity index (χ3n) is 13.9. The van der Waals surface area contributed by atoms with Crippen LogP contribution >= 0.6 is 47.0 Å². The number of hydrogen-bond acceptors (Lipinski definition) is 6. The van der Waals surface area contributed by atoms with E-state index in [1.807, 2.05) is 47.0 Å². The molecule has 6 aliphatic heterocycles. The van der Waals surface area contributed by atoms with Crippen LogP contribution in [0.3, 0.4) is 0 Å². The number of hydrogen-bond donors (Lipinski definition) is 0. The van der Waals surface area contributed by atoms with Gasteiger partial charge in [0.15, 0.2) is 0 Å². The molecule has 2 nitrogen and oxygen atoms in total. The van der Waals surface area contributed by atoms with E-state index >= 15 is 0 Å². The Kier molecular flexibility index (Phi) is 7.55. The van der Waals surface area contributed by atoms with Crippen molar-refractivity contribution in [2.45, 2.75) is 39.2 Å². The second-order valence-corrected chi connectivity index (χ2v) is 21.3. The van der Waals surface area contributed by atoms with Gasteiger partial charge in [0.25, 0.3) is 6.71 Å². The maximum absolute atomic E-state index is 2.59. The summed E-state index contributed by atoms with van der Waals surface area (Å²) in [5.74, 6) is 0. The van der Waals surface area contributed by atoms with Gasteiger partial charge in [-0.2, -0.15) is 0 Å². The highest BCUT2D eigenvalue weighted by Gasteiger charge is 2.51. The molecule has 9 aromatic rings. The van der Waals surface area contributed by atoms with Crippen molar-refractivity contribution >= 4 is 150 Å². The van der Waals surface area contributed by atoms with E-state index in [0.717, 1.165) is 0 Å². The van der Waals surface area contributed by atoms with E-state index in [1.165, 1.54) is 122 Å². The fourth-order valence-corrected chi connectivity index (χ4v) is 16.6. The van der Waals surface area contributed by atoms with E-state index in [-0.39, 0.29) is 20.1 Å². The van der Waals surface area contributed by atoms with Crippen LogP contribution in [0.4, 0.5) is 34.1 Å². The Morgan fingerprint density at radius 2 is 0.635 bits per heavy atom. The summed E-state index contributed by atoms with van der Waals surface area (Å²) < 4.78 is 0. The van der Waals surface area contributed by atoms with Gasteiger partial charge in [0.05, 0.1) is 0 Å². The van der Waals surface area contributed by atoms with Gasteiger partial charge in [-0.15, -0.1) is 0 Å². The summed E-state index contributed by atoms with van der Waals surface area (Å²) >= 11 is 7.91. The smallest absolute Gasteiger partial charge is 0.255 e. The van der Waals surface area contributed by atoms with Crippen LogP contribution < -0.4 is 59.0 Å². The van der Waals surface area contributed by atoms with Crippen LogP contribution in [-0.4, -0.2) is 20.1 Å². The lowest BCUT2D eigenvalue weighted by atomic mass is 9.30. The quantitative estimate of drug-likeness (QED) is 0.160. The van der Waals surface area contributed by atoms with Crippen LogP contribution in [0.2, 0.25) is 0 Å². The number of anilines is 6. The molecule has 6 aliphatic rings. The Labute approximate surface area is 384 Å². The number of nitrogens with zero attached hydrogens (tertiary/aromatic N) is 2. The molecule has 0 radical (unpaired) electrons. The summed E-state index contributed by atoms with van der Waals surface area (Å²) in [6.07, 6.45) is 0. The first kappa shape index (κ1) is 35.6. The molecule has 0 spiro atoms. The molecular weight excluding hydrogens is 837 g/mol. The van der Waals surface area contributed by atoms with Crippen LogP contribution in [0.15, 0.2) is 227 Å². The van der Waals surface area contributed by atoms with Gasteiger partial charge in [-0.1, -0.05) is 184 Å². The Morgan fingerprint density at radius 3 is 1.05 bits per heavy atom. The molecular formula is C54H31B3N2S4. The van der Waals surface area contributed by atoms with E-state index in [4.69, 9.17) is 0 Å². The molecule has 9 heteroatoms. The molecule has 0 fully saturated rings. The van der Waals surface area contributed by atoms with Crippen LogP contribution in [-0.2, 0) is 0 Å². The first-order valence-corrected chi connectivity index (χ1v) is 24.9. The first-order chi connectivity index (χ1) is 31.3. The lowest BCUT2D eigenvalue weighted by Crippen LogP contribution is -2.67. The molecule has 15 rings (SSSR count). The monoisotopic (exact) mass is 868 g/mol. The molecule has 0 atom stereocenters. The van der Waals surface area contributed by atoms with Gasteiger partial charge in [-0.25, -0.2) is 0 Å². The van der Waals surface area contributed by atoms with Crippen molar-refractivity contribution in [3.63, 3.8) is 0 Å². The van der Waals surface area contributed by atoms with Gasteiger partial charge in [-0.3, -0.25) is 0 Å². The maximum atomic E-state index is 2.59. The summed E-state index contributed by atoms with van der Waals surface area (Å²) in [5.41, 5.74) is 20.2. The predicted molar refractivity (Wildman–Crippen MR) is 272 cm³/mol. The molecule has 0 bridgehead atoms. The molecule has 0 N–H and O–H groups in total. The maximum Gasteiger partial charge on any atom is 0.255 e. The Hall–Kier alpha value is -5.83. The summed E-state index contributed by atoms with van der Waals surface area (Å²) in [6.45, 7) is 0.283. The van der Waals surface area contributed by atoms with Gasteiger partial charge in [-0.05, 0) is 100 Å². The standard InChI is InChI=1S/C54H31B3N2S4/c1-3-16-32(17-4-1)58-38-24-15-25-39-48(38)57(49-40(58)30-46-51-53(49)62-44-28-13-9-22-36(44)55(51)34-20-7-11-26-42(34)60-46)50-41(59(39)33-18-5-2-6-19-33)31-47-52-54(50)63-45-29-14-10-23-37(45)56(52)35-21-8-12-27-43(35)61-47/h1-31H. The molecule has 0 amide bonds. The van der Waals surface area contributed by atoms with Crippen molar-refractivity contribution in [2.75, 3.05) is 9.80 Å². The Morgan fingerprint density at radius 1 is 0.270 bits per heavy atom. The molecule has 0 unspecified atom stereocenters. The van der Waals surface area contributed by atoms with Crippen LogP contribution in [0.1, 0.15) is 0 Å². The lowest BCUT2D eigenvalue weighted by molar-refractivity contribution is 1.21. The zero-order valence-electron chi connectivity index (χ0n) is 33.7. The molecule has 0 aliphatic carbocycles. The van der Waals surface area contributed by atoms with E-state index in [1.54, 1.807) is 0 Å². The van der Waals surface area contributed by atoms with Crippen molar-refractivity contribution < 1.29 is 0 Å². The molecule has 0 aromatic heterocycles.